The van der Waals surface area contributed by atoms with E-state index in [9.17, 15) is 9.59 Å². The molecule has 0 saturated carbocycles. The van der Waals surface area contributed by atoms with Gasteiger partial charge in [-0.3, -0.25) is 9.59 Å². The number of rotatable bonds is 6. The van der Waals surface area contributed by atoms with Crippen molar-refractivity contribution in [3.05, 3.63) is 35.0 Å². The van der Waals surface area contributed by atoms with Crippen LogP contribution in [-0.4, -0.2) is 27.5 Å². The van der Waals surface area contributed by atoms with Gasteiger partial charge in [-0.15, -0.1) is 0 Å². The van der Waals surface area contributed by atoms with Crippen LogP contribution < -0.4 is 5.32 Å². The molecular weight excluding hydrogens is 304 g/mol. The van der Waals surface area contributed by atoms with Crippen LogP contribution in [0, 0.1) is 0 Å². The van der Waals surface area contributed by atoms with E-state index >= 15 is 0 Å². The molecule has 1 heterocycles. The molecule has 1 amide bonds. The van der Waals surface area contributed by atoms with Crippen LogP contribution in [0.15, 0.2) is 24.3 Å². The number of amides is 1. The third-order valence-corrected chi connectivity index (χ3v) is 4.48. The van der Waals surface area contributed by atoms with Gasteiger partial charge in [0.15, 0.2) is 0 Å². The van der Waals surface area contributed by atoms with Gasteiger partial charge < -0.3 is 15.4 Å². The Balaban J connectivity index is 2.33. The number of carbonyl (C=O) groups is 2. The van der Waals surface area contributed by atoms with Crippen molar-refractivity contribution in [1.29, 1.82) is 0 Å². The standard InChI is InChI=1S/C16H19ClN2O3/c1-3-16(4-2,9-12(20)21)19-15(22)14-13(17)10-7-5-6-8-11(10)18-14/h5-8,18H,3-4,9H2,1-2H3,(H,19,22)(H,20,21). The van der Waals surface area contributed by atoms with Gasteiger partial charge in [-0.25, -0.2) is 0 Å². The first-order chi connectivity index (χ1) is 10.4. The number of benzene rings is 1. The summed E-state index contributed by atoms with van der Waals surface area (Å²) >= 11 is 6.26. The van der Waals surface area contributed by atoms with Gasteiger partial charge in [0.05, 0.1) is 17.0 Å². The summed E-state index contributed by atoms with van der Waals surface area (Å²) in [7, 11) is 0. The topological polar surface area (TPSA) is 82.2 Å². The van der Waals surface area contributed by atoms with Crippen molar-refractivity contribution in [1.82, 2.24) is 10.3 Å². The molecule has 0 radical (unpaired) electrons. The van der Waals surface area contributed by atoms with E-state index in [0.717, 1.165) is 10.9 Å². The second-order valence-electron chi connectivity index (χ2n) is 5.37. The summed E-state index contributed by atoms with van der Waals surface area (Å²) in [5.41, 5.74) is 0.262. The molecule has 22 heavy (non-hydrogen) atoms. The molecule has 5 nitrogen and oxygen atoms in total. The molecule has 0 aliphatic rings. The molecule has 0 aliphatic heterocycles. The monoisotopic (exact) mass is 322 g/mol. The van der Waals surface area contributed by atoms with Crippen molar-refractivity contribution in [3.8, 4) is 0 Å². The Hall–Kier alpha value is -2.01. The second kappa shape index (κ2) is 6.40. The average Bonchev–Trinajstić information content (AvgIpc) is 2.84. The van der Waals surface area contributed by atoms with Crippen LogP contribution >= 0.6 is 11.6 Å². The zero-order valence-electron chi connectivity index (χ0n) is 12.6. The van der Waals surface area contributed by atoms with Crippen molar-refractivity contribution in [2.75, 3.05) is 0 Å². The molecule has 2 aromatic rings. The fourth-order valence-corrected chi connectivity index (χ4v) is 2.88. The van der Waals surface area contributed by atoms with Crippen LogP contribution in [0.25, 0.3) is 10.9 Å². The third kappa shape index (κ3) is 3.09. The zero-order chi connectivity index (χ0) is 16.3. The molecular formula is C16H19ClN2O3. The Bertz CT molecular complexity index is 704. The highest BCUT2D eigenvalue weighted by Crippen LogP contribution is 2.28. The smallest absolute Gasteiger partial charge is 0.305 e. The fraction of sp³-hybridized carbons (Fsp3) is 0.375. The maximum absolute atomic E-state index is 12.5. The minimum absolute atomic E-state index is 0.121. The molecule has 1 aromatic carbocycles. The zero-order valence-corrected chi connectivity index (χ0v) is 13.3. The number of nitrogens with one attached hydrogen (secondary N) is 2. The number of fused-ring (bicyclic) bond motifs is 1. The van der Waals surface area contributed by atoms with E-state index in [0.29, 0.717) is 17.9 Å². The van der Waals surface area contributed by atoms with Gasteiger partial charge in [0.2, 0.25) is 0 Å². The summed E-state index contributed by atoms with van der Waals surface area (Å²) in [6, 6.07) is 7.36. The highest BCUT2D eigenvalue weighted by atomic mass is 35.5. The molecule has 0 aliphatic carbocycles. The van der Waals surface area contributed by atoms with Crippen molar-refractivity contribution >= 4 is 34.4 Å². The summed E-state index contributed by atoms with van der Waals surface area (Å²) < 4.78 is 0. The van der Waals surface area contributed by atoms with Crippen LogP contribution in [0.3, 0.4) is 0 Å². The molecule has 3 N–H and O–H groups in total. The Labute approximate surface area is 133 Å². The Morgan fingerprint density at radius 1 is 1.27 bits per heavy atom. The van der Waals surface area contributed by atoms with Crippen molar-refractivity contribution in [3.63, 3.8) is 0 Å². The lowest BCUT2D eigenvalue weighted by atomic mass is 9.89. The van der Waals surface area contributed by atoms with Gasteiger partial charge in [0.1, 0.15) is 5.69 Å². The minimum Gasteiger partial charge on any atom is -0.481 e. The summed E-state index contributed by atoms with van der Waals surface area (Å²) in [5, 5.41) is 13.0. The first-order valence-electron chi connectivity index (χ1n) is 7.23. The number of aromatic amines is 1. The highest BCUT2D eigenvalue weighted by Gasteiger charge is 2.32. The lowest BCUT2D eigenvalue weighted by Crippen LogP contribution is -2.49. The number of H-pyrrole nitrogens is 1. The van der Waals surface area contributed by atoms with Crippen LogP contribution in [0.1, 0.15) is 43.6 Å². The van der Waals surface area contributed by atoms with Gasteiger partial charge in [-0.2, -0.15) is 0 Å². The third-order valence-electron chi connectivity index (χ3n) is 4.09. The first kappa shape index (κ1) is 16.4. The Kier molecular flexibility index (Phi) is 4.76. The predicted molar refractivity (Wildman–Crippen MR) is 86.3 cm³/mol. The number of carboxylic acid groups (broad SMARTS) is 1. The molecule has 0 fully saturated rings. The largest absolute Gasteiger partial charge is 0.481 e. The molecule has 0 saturated heterocycles. The molecule has 2 rings (SSSR count). The molecule has 0 bridgehead atoms. The van der Waals surface area contributed by atoms with Crippen molar-refractivity contribution < 1.29 is 14.7 Å². The van der Waals surface area contributed by atoms with E-state index in [-0.39, 0.29) is 18.0 Å². The van der Waals surface area contributed by atoms with Crippen LogP contribution in [0.4, 0.5) is 0 Å². The van der Waals surface area contributed by atoms with Gasteiger partial charge >= 0.3 is 5.97 Å². The van der Waals surface area contributed by atoms with Gasteiger partial charge in [0.25, 0.3) is 5.91 Å². The van der Waals surface area contributed by atoms with Gasteiger partial charge in [0, 0.05) is 10.9 Å². The van der Waals surface area contributed by atoms with E-state index in [1.165, 1.54) is 0 Å². The molecule has 118 valence electrons. The van der Waals surface area contributed by atoms with Gasteiger partial charge in [-0.05, 0) is 18.9 Å². The molecule has 0 atom stereocenters. The van der Waals surface area contributed by atoms with E-state index in [1.54, 1.807) is 0 Å². The van der Waals surface area contributed by atoms with Crippen LogP contribution in [0.5, 0.6) is 0 Å². The normalized spacial score (nSPS) is 11.6. The number of carboxylic acids is 1. The number of aromatic nitrogens is 1. The van der Waals surface area contributed by atoms with E-state index < -0.39 is 11.5 Å². The predicted octanol–water partition coefficient (Wildman–Crippen LogP) is 3.58. The van der Waals surface area contributed by atoms with Crippen molar-refractivity contribution in [2.24, 2.45) is 0 Å². The summed E-state index contributed by atoms with van der Waals surface area (Å²) in [6.45, 7) is 3.72. The molecule has 1 aromatic heterocycles. The highest BCUT2D eigenvalue weighted by molar-refractivity contribution is 6.38. The maximum Gasteiger partial charge on any atom is 0.305 e. The number of hydrogen-bond acceptors (Lipinski definition) is 2. The minimum atomic E-state index is -0.938. The average molecular weight is 323 g/mol. The SMILES string of the molecule is CCC(CC)(CC(=O)O)NC(=O)c1[nH]c2ccccc2c1Cl. The Morgan fingerprint density at radius 3 is 2.45 bits per heavy atom. The maximum atomic E-state index is 12.5. The van der Waals surface area contributed by atoms with Crippen LogP contribution in [-0.2, 0) is 4.79 Å². The number of carbonyl (C=O) groups excluding carboxylic acids is 1. The quantitative estimate of drug-likeness (QED) is 0.760. The molecule has 6 heteroatoms. The lowest BCUT2D eigenvalue weighted by molar-refractivity contribution is -0.138. The van der Waals surface area contributed by atoms with Crippen molar-refractivity contribution in [2.45, 2.75) is 38.6 Å². The van der Waals surface area contributed by atoms with E-state index in [2.05, 4.69) is 10.3 Å². The summed E-state index contributed by atoms with van der Waals surface area (Å²) in [5.74, 6) is -1.32. The number of para-hydroxylation sites is 1. The number of halogens is 1. The van der Waals surface area contributed by atoms with Crippen LogP contribution in [0.2, 0.25) is 5.02 Å². The summed E-state index contributed by atoms with van der Waals surface area (Å²) in [4.78, 5) is 26.6. The molecule has 0 unspecified atom stereocenters. The Morgan fingerprint density at radius 2 is 1.91 bits per heavy atom. The lowest BCUT2D eigenvalue weighted by Gasteiger charge is -2.31. The fourth-order valence-electron chi connectivity index (χ4n) is 2.58. The first-order valence-corrected chi connectivity index (χ1v) is 7.60. The van der Waals surface area contributed by atoms with E-state index in [4.69, 9.17) is 16.7 Å². The van der Waals surface area contributed by atoms with E-state index in [1.807, 2.05) is 38.1 Å². The molecule has 0 spiro atoms. The van der Waals surface area contributed by atoms with Gasteiger partial charge in [-0.1, -0.05) is 43.6 Å². The number of aliphatic carboxylic acids is 1. The summed E-state index contributed by atoms with van der Waals surface area (Å²) in [6.07, 6.45) is 0.933. The number of hydrogen-bond donors (Lipinski definition) is 3. The second-order valence-corrected chi connectivity index (χ2v) is 5.75.